The van der Waals surface area contributed by atoms with Crippen LogP contribution in [0, 0.1) is 0 Å². The zero-order valence-corrected chi connectivity index (χ0v) is 13.8. The minimum Gasteiger partial charge on any atom is -0.396 e. The summed E-state index contributed by atoms with van der Waals surface area (Å²) in [5.41, 5.74) is -0.0649. The molecule has 0 rings (SSSR count). The average Bonchev–Trinajstić information content (AvgIpc) is 2.46. The van der Waals surface area contributed by atoms with Crippen molar-refractivity contribution >= 4 is 0 Å². The topological polar surface area (TPSA) is 52.5 Å². The zero-order chi connectivity index (χ0) is 15.1. The molecule has 0 amide bonds. The van der Waals surface area contributed by atoms with Crippen LogP contribution in [0.15, 0.2) is 0 Å². The molecule has 0 spiro atoms. The number of aliphatic hydroxyl groups excluding tert-OH is 2. The Kier molecular flexibility index (Phi) is 13.8. The fourth-order valence-electron chi connectivity index (χ4n) is 2.95. The van der Waals surface area contributed by atoms with Crippen molar-refractivity contribution < 1.29 is 10.2 Å². The number of hydrogen-bond donors (Lipinski definition) is 3. The molecule has 0 saturated heterocycles. The van der Waals surface area contributed by atoms with Crippen molar-refractivity contribution in [2.75, 3.05) is 20.3 Å². The summed E-state index contributed by atoms with van der Waals surface area (Å²) >= 11 is 0. The van der Waals surface area contributed by atoms with Crippen LogP contribution in [0.2, 0.25) is 0 Å². The van der Waals surface area contributed by atoms with Gasteiger partial charge in [0.05, 0.1) is 0 Å². The number of hydrogen-bond acceptors (Lipinski definition) is 3. The summed E-state index contributed by atoms with van der Waals surface area (Å²) in [5, 5.41) is 21.7. The normalized spacial score (nSPS) is 12.0. The van der Waals surface area contributed by atoms with Gasteiger partial charge >= 0.3 is 0 Å². The van der Waals surface area contributed by atoms with Crippen LogP contribution >= 0.6 is 0 Å². The Morgan fingerprint density at radius 1 is 0.700 bits per heavy atom. The number of aliphatic hydroxyl groups is 2. The summed E-state index contributed by atoms with van der Waals surface area (Å²) in [4.78, 5) is 0. The molecule has 0 aromatic heterocycles. The summed E-state index contributed by atoms with van der Waals surface area (Å²) in [6, 6.07) is 0. The van der Waals surface area contributed by atoms with Gasteiger partial charge in [-0.15, -0.1) is 0 Å². The molecule has 0 aromatic carbocycles. The fourth-order valence-corrected chi connectivity index (χ4v) is 2.95. The molecule has 122 valence electrons. The Hall–Kier alpha value is -0.120. The van der Waals surface area contributed by atoms with E-state index in [2.05, 4.69) is 12.2 Å². The smallest absolute Gasteiger partial charge is 0.0448 e. The lowest BCUT2D eigenvalue weighted by Crippen LogP contribution is -2.44. The van der Waals surface area contributed by atoms with E-state index in [1.165, 1.54) is 57.8 Å². The molecule has 0 aliphatic rings. The van der Waals surface area contributed by atoms with Gasteiger partial charge in [-0.3, -0.25) is 0 Å². The second-order valence-electron chi connectivity index (χ2n) is 6.06. The van der Waals surface area contributed by atoms with Crippen LogP contribution in [-0.2, 0) is 0 Å². The van der Waals surface area contributed by atoms with Crippen molar-refractivity contribution in [2.45, 2.75) is 89.5 Å². The van der Waals surface area contributed by atoms with Gasteiger partial charge in [0.1, 0.15) is 0 Å². The maximum Gasteiger partial charge on any atom is 0.0448 e. The molecule has 3 nitrogen and oxygen atoms in total. The maximum absolute atomic E-state index is 9.18. The summed E-state index contributed by atoms with van der Waals surface area (Å²) in [5.74, 6) is 0. The highest BCUT2D eigenvalue weighted by molar-refractivity contribution is 4.86. The van der Waals surface area contributed by atoms with Crippen LogP contribution in [0.4, 0.5) is 0 Å². The largest absolute Gasteiger partial charge is 0.396 e. The quantitative estimate of drug-likeness (QED) is 0.403. The predicted molar refractivity (Wildman–Crippen MR) is 87.0 cm³/mol. The van der Waals surface area contributed by atoms with E-state index in [1.807, 2.05) is 7.05 Å². The Morgan fingerprint density at radius 3 is 1.55 bits per heavy atom. The predicted octanol–water partition coefficient (Wildman–Crippen LogP) is 3.63. The third kappa shape index (κ3) is 9.73. The second kappa shape index (κ2) is 13.8. The molecule has 0 fully saturated rings. The van der Waals surface area contributed by atoms with Crippen LogP contribution in [0.3, 0.4) is 0 Å². The van der Waals surface area contributed by atoms with Gasteiger partial charge in [0.25, 0.3) is 0 Å². The summed E-state index contributed by atoms with van der Waals surface area (Å²) in [6.07, 6.45) is 14.5. The van der Waals surface area contributed by atoms with Gasteiger partial charge in [0.2, 0.25) is 0 Å². The van der Waals surface area contributed by atoms with E-state index in [0.29, 0.717) is 0 Å². The van der Waals surface area contributed by atoms with Crippen LogP contribution in [0.25, 0.3) is 0 Å². The van der Waals surface area contributed by atoms with Gasteiger partial charge in [0, 0.05) is 18.8 Å². The highest BCUT2D eigenvalue weighted by atomic mass is 16.3. The van der Waals surface area contributed by atoms with Crippen molar-refractivity contribution in [3.8, 4) is 0 Å². The van der Waals surface area contributed by atoms with E-state index >= 15 is 0 Å². The number of rotatable bonds is 15. The first kappa shape index (κ1) is 19.9. The van der Waals surface area contributed by atoms with Crippen molar-refractivity contribution in [1.29, 1.82) is 0 Å². The molecular formula is C17H37NO2. The van der Waals surface area contributed by atoms with Gasteiger partial charge in [0.15, 0.2) is 0 Å². The monoisotopic (exact) mass is 287 g/mol. The van der Waals surface area contributed by atoms with Crippen LogP contribution in [0.5, 0.6) is 0 Å². The van der Waals surface area contributed by atoms with E-state index < -0.39 is 0 Å². The van der Waals surface area contributed by atoms with Gasteiger partial charge in [-0.2, -0.15) is 0 Å². The maximum atomic E-state index is 9.18. The lowest BCUT2D eigenvalue weighted by atomic mass is 9.86. The van der Waals surface area contributed by atoms with Crippen LogP contribution in [0.1, 0.15) is 84.0 Å². The average molecular weight is 287 g/mol. The fraction of sp³-hybridized carbons (Fsp3) is 1.00. The Labute approximate surface area is 126 Å². The molecule has 3 heteroatoms. The highest BCUT2D eigenvalue weighted by Crippen LogP contribution is 2.23. The van der Waals surface area contributed by atoms with Crippen molar-refractivity contribution in [1.82, 2.24) is 5.32 Å². The standard InChI is InChI=1S/C17H37NO2/c1-3-4-5-6-7-8-9-10-11-12-17(18-2,13-15-19)14-16-20/h18-20H,3-16H2,1-2H3. The molecule has 20 heavy (non-hydrogen) atoms. The van der Waals surface area contributed by atoms with E-state index in [-0.39, 0.29) is 18.8 Å². The zero-order valence-electron chi connectivity index (χ0n) is 13.8. The van der Waals surface area contributed by atoms with Crippen molar-refractivity contribution in [3.05, 3.63) is 0 Å². The minimum absolute atomic E-state index is 0.0649. The molecule has 0 aromatic rings. The molecule has 0 aliphatic carbocycles. The second-order valence-corrected chi connectivity index (χ2v) is 6.06. The lowest BCUT2D eigenvalue weighted by molar-refractivity contribution is 0.160. The minimum atomic E-state index is -0.0649. The molecule has 0 heterocycles. The van der Waals surface area contributed by atoms with E-state index in [1.54, 1.807) is 0 Å². The van der Waals surface area contributed by atoms with Crippen LogP contribution < -0.4 is 5.32 Å². The first-order valence-electron chi connectivity index (χ1n) is 8.65. The SMILES string of the molecule is CCCCCCCCCCCC(CCO)(CCO)NC. The number of nitrogens with one attached hydrogen (secondary N) is 1. The molecule has 0 unspecified atom stereocenters. The Morgan fingerprint density at radius 2 is 1.15 bits per heavy atom. The van der Waals surface area contributed by atoms with Crippen molar-refractivity contribution in [3.63, 3.8) is 0 Å². The lowest BCUT2D eigenvalue weighted by Gasteiger charge is -2.33. The third-order valence-electron chi connectivity index (χ3n) is 4.47. The first-order valence-corrected chi connectivity index (χ1v) is 8.65. The molecule has 0 radical (unpaired) electrons. The van der Waals surface area contributed by atoms with E-state index in [9.17, 15) is 10.2 Å². The molecule has 0 atom stereocenters. The van der Waals surface area contributed by atoms with Gasteiger partial charge in [-0.05, 0) is 26.3 Å². The molecule has 3 N–H and O–H groups in total. The molecular weight excluding hydrogens is 250 g/mol. The summed E-state index contributed by atoms with van der Waals surface area (Å²) in [7, 11) is 1.94. The van der Waals surface area contributed by atoms with E-state index in [0.717, 1.165) is 19.3 Å². The van der Waals surface area contributed by atoms with E-state index in [4.69, 9.17) is 0 Å². The van der Waals surface area contributed by atoms with Gasteiger partial charge in [-0.25, -0.2) is 0 Å². The molecule has 0 aliphatic heterocycles. The summed E-state index contributed by atoms with van der Waals surface area (Å²) in [6.45, 7) is 2.64. The first-order chi connectivity index (χ1) is 9.74. The van der Waals surface area contributed by atoms with Crippen molar-refractivity contribution in [2.24, 2.45) is 0 Å². The number of unbranched alkanes of at least 4 members (excludes halogenated alkanes) is 8. The third-order valence-corrected chi connectivity index (χ3v) is 4.47. The molecule has 0 saturated carbocycles. The van der Waals surface area contributed by atoms with Gasteiger partial charge in [-0.1, -0.05) is 64.7 Å². The highest BCUT2D eigenvalue weighted by Gasteiger charge is 2.26. The summed E-state index contributed by atoms with van der Waals surface area (Å²) < 4.78 is 0. The van der Waals surface area contributed by atoms with Gasteiger partial charge < -0.3 is 15.5 Å². The van der Waals surface area contributed by atoms with Crippen LogP contribution in [-0.4, -0.2) is 36.0 Å². The Balaban J connectivity index is 3.62. The Bertz CT molecular complexity index is 191. The molecule has 0 bridgehead atoms.